The van der Waals surface area contributed by atoms with E-state index >= 15 is 0 Å². The van der Waals surface area contributed by atoms with E-state index in [4.69, 9.17) is 0 Å². The van der Waals surface area contributed by atoms with Gasteiger partial charge in [-0.25, -0.2) is 0 Å². The first-order valence-electron chi connectivity index (χ1n) is 2.71. The summed E-state index contributed by atoms with van der Waals surface area (Å²) in [6.07, 6.45) is 0. The number of hydrogen-bond donors (Lipinski definition) is 0. The Balaban J connectivity index is 3.27. The number of rotatable bonds is 1. The minimum atomic E-state index is -0.766. The zero-order valence-electron chi connectivity index (χ0n) is 5.25. The monoisotopic (exact) mass is 267 g/mol. The molecule has 0 radical (unpaired) electrons. The SMILES string of the molecule is O=[N+]([O-])c1cccc(I)c1F. The highest BCUT2D eigenvalue weighted by Gasteiger charge is 2.14. The molecule has 0 saturated heterocycles. The lowest BCUT2D eigenvalue weighted by molar-refractivity contribution is -0.387. The molecule has 0 unspecified atom stereocenters. The number of halogens is 2. The predicted octanol–water partition coefficient (Wildman–Crippen LogP) is 2.34. The molecule has 0 fully saturated rings. The first kappa shape index (κ1) is 8.38. The van der Waals surface area contributed by atoms with Gasteiger partial charge >= 0.3 is 5.69 Å². The highest BCUT2D eigenvalue weighted by Crippen LogP contribution is 2.20. The van der Waals surface area contributed by atoms with Crippen LogP contribution in [0.2, 0.25) is 0 Å². The molecule has 58 valence electrons. The van der Waals surface area contributed by atoms with Crippen molar-refractivity contribution in [2.45, 2.75) is 0 Å². The molecule has 0 bridgehead atoms. The fourth-order valence-corrected chi connectivity index (χ4v) is 1.12. The highest BCUT2D eigenvalue weighted by molar-refractivity contribution is 14.1. The van der Waals surface area contributed by atoms with Gasteiger partial charge in [-0.15, -0.1) is 0 Å². The number of nitrogens with zero attached hydrogens (tertiary/aromatic N) is 1. The van der Waals surface area contributed by atoms with Crippen LogP contribution in [0.5, 0.6) is 0 Å². The van der Waals surface area contributed by atoms with Crippen LogP contribution in [0.1, 0.15) is 0 Å². The van der Waals surface area contributed by atoms with Gasteiger partial charge in [0, 0.05) is 6.07 Å². The molecular formula is C6H3FINO2. The molecule has 0 aromatic heterocycles. The number of benzene rings is 1. The third-order valence-electron chi connectivity index (χ3n) is 1.13. The fourth-order valence-electron chi connectivity index (χ4n) is 0.633. The topological polar surface area (TPSA) is 43.1 Å². The average Bonchev–Trinajstić information content (AvgIpc) is 1.94. The normalized spacial score (nSPS) is 9.64. The molecule has 0 aliphatic rings. The van der Waals surface area contributed by atoms with Crippen LogP contribution in [0.15, 0.2) is 18.2 Å². The van der Waals surface area contributed by atoms with Crippen molar-refractivity contribution in [3.8, 4) is 0 Å². The summed E-state index contributed by atoms with van der Waals surface area (Å²) in [5.41, 5.74) is -0.475. The quantitative estimate of drug-likeness (QED) is 0.445. The molecule has 0 aliphatic heterocycles. The van der Waals surface area contributed by atoms with Crippen molar-refractivity contribution < 1.29 is 9.31 Å². The van der Waals surface area contributed by atoms with Gasteiger partial charge in [0.15, 0.2) is 0 Å². The Kier molecular flexibility index (Phi) is 2.38. The van der Waals surface area contributed by atoms with Crippen molar-refractivity contribution in [3.63, 3.8) is 0 Å². The summed E-state index contributed by atoms with van der Waals surface area (Å²) in [4.78, 5) is 9.40. The summed E-state index contributed by atoms with van der Waals surface area (Å²) in [5.74, 6) is -0.766. The van der Waals surface area contributed by atoms with Crippen molar-refractivity contribution in [3.05, 3.63) is 37.7 Å². The zero-order chi connectivity index (χ0) is 8.43. The Bertz CT molecular complexity index is 303. The first-order valence-corrected chi connectivity index (χ1v) is 3.79. The van der Waals surface area contributed by atoms with Gasteiger partial charge in [-0.3, -0.25) is 10.1 Å². The van der Waals surface area contributed by atoms with Crippen LogP contribution < -0.4 is 0 Å². The summed E-state index contributed by atoms with van der Waals surface area (Å²) in [7, 11) is 0. The van der Waals surface area contributed by atoms with Gasteiger partial charge in [-0.05, 0) is 28.7 Å². The van der Waals surface area contributed by atoms with Crippen molar-refractivity contribution in [2.24, 2.45) is 0 Å². The Labute approximate surface area is 75.5 Å². The largest absolute Gasteiger partial charge is 0.305 e. The molecule has 0 spiro atoms. The van der Waals surface area contributed by atoms with Crippen LogP contribution in [0.3, 0.4) is 0 Å². The number of nitro benzene ring substituents is 1. The van der Waals surface area contributed by atoms with E-state index in [1.54, 1.807) is 22.6 Å². The molecule has 1 rings (SSSR count). The van der Waals surface area contributed by atoms with Crippen LogP contribution in [0.4, 0.5) is 10.1 Å². The predicted molar refractivity (Wildman–Crippen MR) is 45.8 cm³/mol. The Morgan fingerprint density at radius 3 is 2.64 bits per heavy atom. The van der Waals surface area contributed by atoms with Crippen molar-refractivity contribution in [1.29, 1.82) is 0 Å². The molecule has 1 aromatic carbocycles. The zero-order valence-corrected chi connectivity index (χ0v) is 7.41. The number of hydrogen-bond acceptors (Lipinski definition) is 2. The van der Waals surface area contributed by atoms with Crippen molar-refractivity contribution in [2.75, 3.05) is 0 Å². The van der Waals surface area contributed by atoms with E-state index in [9.17, 15) is 14.5 Å². The second-order valence-electron chi connectivity index (χ2n) is 1.83. The molecule has 5 heteroatoms. The summed E-state index contributed by atoms with van der Waals surface area (Å²) in [5, 5.41) is 10.1. The van der Waals surface area contributed by atoms with Gasteiger partial charge in [-0.2, -0.15) is 4.39 Å². The van der Waals surface area contributed by atoms with Crippen LogP contribution in [0.25, 0.3) is 0 Å². The fraction of sp³-hybridized carbons (Fsp3) is 0. The molecule has 0 amide bonds. The average molecular weight is 267 g/mol. The molecule has 0 N–H and O–H groups in total. The molecule has 1 aromatic rings. The lowest BCUT2D eigenvalue weighted by Gasteiger charge is -1.93. The maximum absolute atomic E-state index is 12.8. The van der Waals surface area contributed by atoms with Crippen LogP contribution in [-0.2, 0) is 0 Å². The standard InChI is InChI=1S/C6H3FINO2/c7-6-4(8)2-1-3-5(6)9(10)11/h1-3H. The lowest BCUT2D eigenvalue weighted by Crippen LogP contribution is -1.93. The summed E-state index contributed by atoms with van der Waals surface area (Å²) >= 11 is 1.70. The Morgan fingerprint density at radius 2 is 2.18 bits per heavy atom. The van der Waals surface area contributed by atoms with Gasteiger partial charge in [0.05, 0.1) is 8.49 Å². The lowest BCUT2D eigenvalue weighted by atomic mass is 10.3. The Hall–Kier alpha value is -0.720. The highest BCUT2D eigenvalue weighted by atomic mass is 127. The third kappa shape index (κ3) is 1.65. The van der Waals surface area contributed by atoms with E-state index in [1.807, 2.05) is 0 Å². The van der Waals surface area contributed by atoms with Gasteiger partial charge in [-0.1, -0.05) is 6.07 Å². The Morgan fingerprint density at radius 1 is 1.55 bits per heavy atom. The molecule has 0 saturated carbocycles. The van der Waals surface area contributed by atoms with E-state index in [0.717, 1.165) is 6.07 Å². The van der Waals surface area contributed by atoms with Gasteiger partial charge in [0.25, 0.3) is 0 Å². The van der Waals surface area contributed by atoms with Crippen LogP contribution in [0, 0.1) is 19.5 Å². The minimum absolute atomic E-state index is 0.261. The molecule has 0 atom stereocenters. The maximum atomic E-state index is 12.8. The molecule has 3 nitrogen and oxygen atoms in total. The molecule has 0 heterocycles. The number of nitro groups is 1. The summed E-state index contributed by atoms with van der Waals surface area (Å²) in [6.45, 7) is 0. The van der Waals surface area contributed by atoms with E-state index in [-0.39, 0.29) is 3.57 Å². The van der Waals surface area contributed by atoms with E-state index in [0.29, 0.717) is 0 Å². The van der Waals surface area contributed by atoms with Gasteiger partial charge in [0.2, 0.25) is 5.82 Å². The first-order chi connectivity index (χ1) is 5.13. The summed E-state index contributed by atoms with van der Waals surface area (Å²) < 4.78 is 13.1. The van der Waals surface area contributed by atoms with Gasteiger partial charge in [0.1, 0.15) is 0 Å². The second kappa shape index (κ2) is 3.12. The van der Waals surface area contributed by atoms with Crippen molar-refractivity contribution >= 4 is 28.3 Å². The smallest absolute Gasteiger partial charge is 0.258 e. The van der Waals surface area contributed by atoms with Crippen LogP contribution >= 0.6 is 22.6 Å². The van der Waals surface area contributed by atoms with Crippen LogP contribution in [-0.4, -0.2) is 4.92 Å². The minimum Gasteiger partial charge on any atom is -0.258 e. The van der Waals surface area contributed by atoms with E-state index in [2.05, 4.69) is 0 Å². The molecule has 0 aliphatic carbocycles. The van der Waals surface area contributed by atoms with Gasteiger partial charge < -0.3 is 0 Å². The van der Waals surface area contributed by atoms with E-state index in [1.165, 1.54) is 12.1 Å². The van der Waals surface area contributed by atoms with Crippen molar-refractivity contribution in [1.82, 2.24) is 0 Å². The second-order valence-corrected chi connectivity index (χ2v) is 2.99. The summed E-state index contributed by atoms with van der Waals surface area (Å²) in [6, 6.07) is 4.06. The third-order valence-corrected chi connectivity index (χ3v) is 1.96. The van der Waals surface area contributed by atoms with E-state index < -0.39 is 16.4 Å². The maximum Gasteiger partial charge on any atom is 0.305 e. The molecule has 11 heavy (non-hydrogen) atoms. The molecular weight excluding hydrogens is 264 g/mol.